The van der Waals surface area contributed by atoms with Crippen LogP contribution < -0.4 is 4.74 Å². The second-order valence-electron chi connectivity index (χ2n) is 4.72. The molecule has 0 fully saturated rings. The van der Waals surface area contributed by atoms with E-state index in [2.05, 4.69) is 4.98 Å². The molecule has 21 heavy (non-hydrogen) atoms. The Labute approximate surface area is 127 Å². The number of hydrogen-bond donors (Lipinski definition) is 1. The van der Waals surface area contributed by atoms with Crippen molar-refractivity contribution in [3.63, 3.8) is 0 Å². The molecule has 0 aliphatic heterocycles. The highest BCUT2D eigenvalue weighted by Crippen LogP contribution is 2.30. The Morgan fingerprint density at radius 2 is 2.00 bits per heavy atom. The van der Waals surface area contributed by atoms with E-state index < -0.39 is 5.97 Å². The van der Waals surface area contributed by atoms with E-state index in [0.29, 0.717) is 10.7 Å². The number of benzene rings is 1. The Morgan fingerprint density at radius 3 is 2.52 bits per heavy atom. The summed E-state index contributed by atoms with van der Waals surface area (Å²) in [6, 6.07) is 7.46. The first kappa shape index (κ1) is 15.5. The van der Waals surface area contributed by atoms with Crippen LogP contribution in [0.1, 0.15) is 29.2 Å². The average molecular weight is 307 g/mol. The maximum atomic E-state index is 11.2. The lowest BCUT2D eigenvalue weighted by Gasteiger charge is -2.09. The van der Waals surface area contributed by atoms with Crippen molar-refractivity contribution in [1.82, 2.24) is 4.98 Å². The van der Waals surface area contributed by atoms with Crippen LogP contribution in [0, 0.1) is 0 Å². The molecular formula is C15H17NO4S. The number of carbonyl (C=O) groups is 1. The number of hydrogen-bond acceptors (Lipinski definition) is 5. The summed E-state index contributed by atoms with van der Waals surface area (Å²) in [4.78, 5) is 15.8. The zero-order valence-corrected chi connectivity index (χ0v) is 12.9. The minimum absolute atomic E-state index is 0.114. The fourth-order valence-corrected chi connectivity index (χ4v) is 2.74. The third-order valence-corrected chi connectivity index (χ3v) is 3.78. The molecule has 1 aromatic heterocycles. The second kappa shape index (κ2) is 6.69. The van der Waals surface area contributed by atoms with Gasteiger partial charge in [0.25, 0.3) is 0 Å². The van der Waals surface area contributed by atoms with Crippen molar-refractivity contribution < 1.29 is 19.4 Å². The van der Waals surface area contributed by atoms with Gasteiger partial charge in [-0.2, -0.15) is 0 Å². The van der Waals surface area contributed by atoms with E-state index >= 15 is 0 Å². The molecule has 0 bridgehead atoms. The van der Waals surface area contributed by atoms with Crippen molar-refractivity contribution >= 4 is 17.3 Å². The number of thiazole rings is 1. The van der Waals surface area contributed by atoms with Gasteiger partial charge in [-0.1, -0.05) is 0 Å². The first-order chi connectivity index (χ1) is 10.0. The third kappa shape index (κ3) is 3.80. The van der Waals surface area contributed by atoms with Crippen LogP contribution in [0.2, 0.25) is 0 Å². The Morgan fingerprint density at radius 1 is 1.33 bits per heavy atom. The van der Waals surface area contributed by atoms with Crippen molar-refractivity contribution in [2.24, 2.45) is 0 Å². The molecule has 1 heterocycles. The van der Waals surface area contributed by atoms with Crippen LogP contribution in [0.4, 0.5) is 0 Å². The summed E-state index contributed by atoms with van der Waals surface area (Å²) in [6.45, 7) is 4.11. The summed E-state index contributed by atoms with van der Waals surface area (Å²) in [6.07, 6.45) is 0.114. The zero-order valence-electron chi connectivity index (χ0n) is 12.1. The van der Waals surface area contributed by atoms with Gasteiger partial charge in [-0.15, -0.1) is 11.3 Å². The van der Waals surface area contributed by atoms with Crippen molar-refractivity contribution in [3.8, 4) is 16.3 Å². The smallest absolute Gasteiger partial charge is 0.347 e. The number of methoxy groups -OCH3 is 1. The highest BCUT2D eigenvalue weighted by Gasteiger charge is 2.18. The van der Waals surface area contributed by atoms with E-state index in [4.69, 9.17) is 9.47 Å². The van der Waals surface area contributed by atoms with Crippen molar-refractivity contribution in [1.29, 1.82) is 0 Å². The first-order valence-electron chi connectivity index (χ1n) is 6.50. The van der Waals surface area contributed by atoms with E-state index in [1.54, 1.807) is 0 Å². The van der Waals surface area contributed by atoms with Crippen LogP contribution in [0.25, 0.3) is 10.6 Å². The minimum atomic E-state index is -0.981. The summed E-state index contributed by atoms with van der Waals surface area (Å²) in [7, 11) is 1.52. The van der Waals surface area contributed by atoms with E-state index in [0.717, 1.165) is 22.6 Å². The van der Waals surface area contributed by atoms with Gasteiger partial charge in [0, 0.05) is 12.7 Å². The molecule has 0 amide bonds. The molecule has 2 aromatic rings. The molecular weight excluding hydrogens is 290 g/mol. The molecule has 0 saturated carbocycles. The molecule has 1 aromatic carbocycles. The number of carboxylic acids is 1. The summed E-state index contributed by atoms with van der Waals surface area (Å²) in [5.74, 6) is -0.202. The highest BCUT2D eigenvalue weighted by molar-refractivity contribution is 7.17. The maximum absolute atomic E-state index is 11.2. The molecule has 0 spiro atoms. The number of nitrogens with zero attached hydrogens (tertiary/aromatic N) is 1. The van der Waals surface area contributed by atoms with Gasteiger partial charge in [0.1, 0.15) is 15.6 Å². The standard InChI is InChI=1S/C15H17NO4S/c1-9(2)20-11-6-4-10(5-7-11)14-16-12(8-19-3)13(21-14)15(17)18/h4-7,9H,8H2,1-3H3,(H,17,18). The minimum Gasteiger partial charge on any atom is -0.491 e. The monoisotopic (exact) mass is 307 g/mol. The fourth-order valence-electron chi connectivity index (χ4n) is 1.83. The molecule has 0 atom stereocenters. The van der Waals surface area contributed by atoms with Crippen molar-refractivity contribution in [2.45, 2.75) is 26.6 Å². The van der Waals surface area contributed by atoms with Gasteiger partial charge in [-0.25, -0.2) is 9.78 Å². The molecule has 2 rings (SSSR count). The van der Waals surface area contributed by atoms with Crippen LogP contribution >= 0.6 is 11.3 Å². The molecule has 1 N–H and O–H groups in total. The number of carboxylic acid groups (broad SMARTS) is 1. The lowest BCUT2D eigenvalue weighted by atomic mass is 10.2. The van der Waals surface area contributed by atoms with E-state index in [1.165, 1.54) is 7.11 Å². The van der Waals surface area contributed by atoms with Gasteiger partial charge in [-0.3, -0.25) is 0 Å². The van der Waals surface area contributed by atoms with Crippen LogP contribution in [0.15, 0.2) is 24.3 Å². The topological polar surface area (TPSA) is 68.7 Å². The Balaban J connectivity index is 2.29. The zero-order chi connectivity index (χ0) is 15.4. The number of aromatic nitrogens is 1. The van der Waals surface area contributed by atoms with Crippen LogP contribution in [-0.2, 0) is 11.3 Å². The molecule has 5 nitrogen and oxygen atoms in total. The quantitative estimate of drug-likeness (QED) is 0.885. The second-order valence-corrected chi connectivity index (χ2v) is 5.72. The van der Waals surface area contributed by atoms with Crippen molar-refractivity contribution in [3.05, 3.63) is 34.8 Å². The molecule has 0 radical (unpaired) electrons. The number of aromatic carboxylic acids is 1. The van der Waals surface area contributed by atoms with Gasteiger partial charge < -0.3 is 14.6 Å². The lowest BCUT2D eigenvalue weighted by Crippen LogP contribution is -2.05. The summed E-state index contributed by atoms with van der Waals surface area (Å²) < 4.78 is 10.6. The normalized spacial score (nSPS) is 10.9. The lowest BCUT2D eigenvalue weighted by molar-refractivity contribution is 0.0697. The highest BCUT2D eigenvalue weighted by atomic mass is 32.1. The van der Waals surface area contributed by atoms with E-state index in [1.807, 2.05) is 38.1 Å². The predicted octanol–water partition coefficient (Wildman–Crippen LogP) is 3.44. The van der Waals surface area contributed by atoms with Crippen LogP contribution in [-0.4, -0.2) is 29.3 Å². The summed E-state index contributed by atoms with van der Waals surface area (Å²) in [5, 5.41) is 9.85. The molecule has 0 aliphatic rings. The summed E-state index contributed by atoms with van der Waals surface area (Å²) >= 11 is 1.15. The summed E-state index contributed by atoms with van der Waals surface area (Å²) in [5.41, 5.74) is 1.31. The van der Waals surface area contributed by atoms with Crippen LogP contribution in [0.5, 0.6) is 5.75 Å². The van der Waals surface area contributed by atoms with Gasteiger partial charge in [0.05, 0.1) is 18.4 Å². The fraction of sp³-hybridized carbons (Fsp3) is 0.333. The maximum Gasteiger partial charge on any atom is 0.347 e. The number of rotatable bonds is 6. The molecule has 112 valence electrons. The van der Waals surface area contributed by atoms with Gasteiger partial charge >= 0.3 is 5.97 Å². The third-order valence-electron chi connectivity index (χ3n) is 2.65. The number of ether oxygens (including phenoxy) is 2. The molecule has 0 aliphatic carbocycles. The van der Waals surface area contributed by atoms with E-state index in [-0.39, 0.29) is 17.6 Å². The van der Waals surface area contributed by atoms with Crippen LogP contribution in [0.3, 0.4) is 0 Å². The van der Waals surface area contributed by atoms with Gasteiger partial charge in [0.2, 0.25) is 0 Å². The van der Waals surface area contributed by atoms with E-state index in [9.17, 15) is 9.90 Å². The van der Waals surface area contributed by atoms with Gasteiger partial charge in [0.15, 0.2) is 0 Å². The Bertz CT molecular complexity index is 619. The molecule has 6 heteroatoms. The Hall–Kier alpha value is -1.92. The Kier molecular flexibility index (Phi) is 4.93. The predicted molar refractivity (Wildman–Crippen MR) is 81.0 cm³/mol. The average Bonchev–Trinajstić information content (AvgIpc) is 2.83. The largest absolute Gasteiger partial charge is 0.491 e. The SMILES string of the molecule is COCc1nc(-c2ccc(OC(C)C)cc2)sc1C(=O)O. The van der Waals surface area contributed by atoms with Crippen molar-refractivity contribution in [2.75, 3.05) is 7.11 Å². The van der Waals surface area contributed by atoms with Gasteiger partial charge in [-0.05, 0) is 38.1 Å². The molecule has 0 unspecified atom stereocenters. The first-order valence-corrected chi connectivity index (χ1v) is 7.32. The molecule has 0 saturated heterocycles.